The highest BCUT2D eigenvalue weighted by molar-refractivity contribution is 6.30. The lowest BCUT2D eigenvalue weighted by Gasteiger charge is -2.32. The Hall–Kier alpha value is -2.38. The molecule has 0 radical (unpaired) electrons. The molecule has 0 atom stereocenters. The van der Waals surface area contributed by atoms with Crippen LogP contribution in [0.5, 0.6) is 5.75 Å². The highest BCUT2D eigenvalue weighted by atomic mass is 35.5. The average molecular weight is 415 g/mol. The second-order valence-electron chi connectivity index (χ2n) is 7.41. The molecule has 6 nitrogen and oxygen atoms in total. The summed E-state index contributed by atoms with van der Waals surface area (Å²) in [5, 5.41) is 23.0. The normalized spacial score (nSPS) is 15.8. The molecule has 2 heterocycles. The highest BCUT2D eigenvalue weighted by Crippen LogP contribution is 2.27. The molecule has 0 saturated carbocycles. The molecule has 0 unspecified atom stereocenters. The number of quaternary nitrogens is 1. The SMILES string of the molecule is O=c1oc2c(C[NH+]3CCN(CCO)CC3)c([O-])ccc2cc1-c1ccc(Cl)cc1. The summed E-state index contributed by atoms with van der Waals surface area (Å²) in [7, 11) is 0. The average Bonchev–Trinajstić information content (AvgIpc) is 2.72. The van der Waals surface area contributed by atoms with Crippen LogP contribution < -0.4 is 15.6 Å². The maximum Gasteiger partial charge on any atom is 0.344 e. The van der Waals surface area contributed by atoms with Gasteiger partial charge in [-0.05, 0) is 23.8 Å². The summed E-state index contributed by atoms with van der Waals surface area (Å²) in [6.07, 6.45) is 0. The molecule has 29 heavy (non-hydrogen) atoms. The first-order valence-corrected chi connectivity index (χ1v) is 10.1. The van der Waals surface area contributed by atoms with Crippen LogP contribution in [0.4, 0.5) is 0 Å². The molecule has 1 saturated heterocycles. The Balaban J connectivity index is 1.65. The number of hydrogen-bond acceptors (Lipinski definition) is 5. The van der Waals surface area contributed by atoms with E-state index in [-0.39, 0.29) is 12.4 Å². The highest BCUT2D eigenvalue weighted by Gasteiger charge is 2.21. The second kappa shape index (κ2) is 8.55. The first-order valence-electron chi connectivity index (χ1n) is 9.74. The van der Waals surface area contributed by atoms with Crippen LogP contribution in [0.3, 0.4) is 0 Å². The van der Waals surface area contributed by atoms with E-state index in [4.69, 9.17) is 21.1 Å². The van der Waals surface area contributed by atoms with E-state index in [1.165, 1.54) is 4.90 Å². The Morgan fingerprint density at radius 1 is 1.14 bits per heavy atom. The Morgan fingerprint density at radius 3 is 2.55 bits per heavy atom. The maximum absolute atomic E-state index is 12.7. The molecule has 0 aliphatic carbocycles. The number of piperazine rings is 1. The van der Waals surface area contributed by atoms with Gasteiger partial charge in [0.1, 0.15) is 12.1 Å². The quantitative estimate of drug-likeness (QED) is 0.606. The van der Waals surface area contributed by atoms with Crippen molar-refractivity contribution in [2.45, 2.75) is 6.54 Å². The van der Waals surface area contributed by atoms with Crippen molar-refractivity contribution >= 4 is 22.6 Å². The summed E-state index contributed by atoms with van der Waals surface area (Å²) in [5.74, 6) is -0.106. The summed E-state index contributed by atoms with van der Waals surface area (Å²) >= 11 is 5.94. The first-order chi connectivity index (χ1) is 14.0. The monoisotopic (exact) mass is 414 g/mol. The van der Waals surface area contributed by atoms with Crippen LogP contribution in [0.15, 0.2) is 51.7 Å². The number of fused-ring (bicyclic) bond motifs is 1. The third-order valence-electron chi connectivity index (χ3n) is 5.52. The lowest BCUT2D eigenvalue weighted by atomic mass is 10.0. The molecule has 0 bridgehead atoms. The number of benzene rings is 2. The van der Waals surface area contributed by atoms with Crippen LogP contribution >= 0.6 is 11.6 Å². The standard InChI is InChI=1S/C22H23ClN2O4/c23-17-4-1-15(2-5-17)18-13-16-3-6-20(27)19(21(16)29-22(18)28)14-25-9-7-24(8-10-25)11-12-26/h1-6,13,26-27H,7-12,14H2. The van der Waals surface area contributed by atoms with Gasteiger partial charge in [-0.1, -0.05) is 41.6 Å². The predicted molar refractivity (Wildman–Crippen MR) is 110 cm³/mol. The maximum atomic E-state index is 12.7. The zero-order valence-electron chi connectivity index (χ0n) is 16.0. The minimum Gasteiger partial charge on any atom is -0.872 e. The van der Waals surface area contributed by atoms with E-state index in [0.717, 1.165) is 37.1 Å². The van der Waals surface area contributed by atoms with E-state index in [1.807, 2.05) is 0 Å². The number of aliphatic hydroxyl groups excluding tert-OH is 1. The summed E-state index contributed by atoms with van der Waals surface area (Å²) < 4.78 is 5.65. The number of aliphatic hydroxyl groups is 1. The van der Waals surface area contributed by atoms with Gasteiger partial charge in [0, 0.05) is 35.6 Å². The van der Waals surface area contributed by atoms with Crippen molar-refractivity contribution in [1.82, 2.24) is 4.90 Å². The van der Waals surface area contributed by atoms with Gasteiger partial charge >= 0.3 is 5.63 Å². The molecule has 2 aromatic carbocycles. The zero-order chi connectivity index (χ0) is 20.4. The van der Waals surface area contributed by atoms with Crippen LogP contribution in [0.25, 0.3) is 22.1 Å². The molecule has 7 heteroatoms. The lowest BCUT2D eigenvalue weighted by molar-refractivity contribution is -0.918. The van der Waals surface area contributed by atoms with Crippen LogP contribution in [0.1, 0.15) is 5.56 Å². The number of β-amino-alcohol motifs (C(OH)–C–C–N with tert-alkyl or cyclic N) is 1. The van der Waals surface area contributed by atoms with Gasteiger partial charge in [-0.3, -0.25) is 4.90 Å². The van der Waals surface area contributed by atoms with Crippen LogP contribution in [0, 0.1) is 0 Å². The van der Waals surface area contributed by atoms with Crippen molar-refractivity contribution < 1.29 is 19.5 Å². The Labute approximate surface area is 173 Å². The molecular formula is C22H23ClN2O4. The van der Waals surface area contributed by atoms with Crippen LogP contribution in [-0.2, 0) is 6.54 Å². The summed E-state index contributed by atoms with van der Waals surface area (Å²) in [6, 6.07) is 12.0. The second-order valence-corrected chi connectivity index (χ2v) is 7.84. The van der Waals surface area contributed by atoms with E-state index >= 15 is 0 Å². The van der Waals surface area contributed by atoms with E-state index in [0.29, 0.717) is 34.8 Å². The first kappa shape index (κ1) is 19.9. The van der Waals surface area contributed by atoms with Gasteiger partial charge < -0.3 is 19.5 Å². The lowest BCUT2D eigenvalue weighted by Crippen LogP contribution is -3.13. The minimum absolute atomic E-state index is 0.106. The van der Waals surface area contributed by atoms with Gasteiger partial charge in [0.15, 0.2) is 0 Å². The Kier molecular flexibility index (Phi) is 5.87. The van der Waals surface area contributed by atoms with Gasteiger partial charge in [0.2, 0.25) is 0 Å². The summed E-state index contributed by atoms with van der Waals surface area (Å²) in [5.41, 5.74) is 1.64. The number of rotatable bonds is 5. The summed E-state index contributed by atoms with van der Waals surface area (Å²) in [4.78, 5) is 16.1. The molecule has 1 aromatic heterocycles. The van der Waals surface area contributed by atoms with Gasteiger partial charge in [0.25, 0.3) is 0 Å². The van der Waals surface area contributed by atoms with Crippen molar-refractivity contribution in [3.05, 3.63) is 63.5 Å². The topological polar surface area (TPSA) is 81.2 Å². The fourth-order valence-corrected chi connectivity index (χ4v) is 4.01. The van der Waals surface area contributed by atoms with E-state index in [2.05, 4.69) is 4.90 Å². The molecule has 2 N–H and O–H groups in total. The van der Waals surface area contributed by atoms with Crippen LogP contribution in [0.2, 0.25) is 5.02 Å². The third-order valence-corrected chi connectivity index (χ3v) is 5.78. The van der Waals surface area contributed by atoms with E-state index < -0.39 is 5.63 Å². The number of nitrogens with zero attached hydrogens (tertiary/aromatic N) is 1. The molecule has 1 aliphatic heterocycles. The smallest absolute Gasteiger partial charge is 0.344 e. The molecule has 0 spiro atoms. The minimum atomic E-state index is -0.463. The molecular weight excluding hydrogens is 392 g/mol. The van der Waals surface area contributed by atoms with Crippen molar-refractivity contribution in [3.8, 4) is 16.9 Å². The molecule has 1 fully saturated rings. The molecule has 4 rings (SSSR count). The van der Waals surface area contributed by atoms with Gasteiger partial charge in [-0.15, -0.1) is 0 Å². The largest absolute Gasteiger partial charge is 0.872 e. The van der Waals surface area contributed by atoms with Crippen LogP contribution in [-0.4, -0.2) is 49.3 Å². The third kappa shape index (κ3) is 4.31. The number of hydrogen-bond donors (Lipinski definition) is 2. The molecule has 152 valence electrons. The Bertz CT molecular complexity index is 1060. The van der Waals surface area contributed by atoms with Crippen molar-refractivity contribution in [1.29, 1.82) is 0 Å². The Morgan fingerprint density at radius 2 is 1.86 bits per heavy atom. The van der Waals surface area contributed by atoms with Gasteiger partial charge in [-0.2, -0.15) is 0 Å². The summed E-state index contributed by atoms with van der Waals surface area (Å²) in [6.45, 7) is 4.86. The van der Waals surface area contributed by atoms with Gasteiger partial charge in [0.05, 0.1) is 25.3 Å². The fraction of sp³-hybridized carbons (Fsp3) is 0.318. The van der Waals surface area contributed by atoms with Crippen molar-refractivity contribution in [3.63, 3.8) is 0 Å². The molecule has 1 aliphatic rings. The van der Waals surface area contributed by atoms with Crippen molar-refractivity contribution in [2.75, 3.05) is 39.3 Å². The van der Waals surface area contributed by atoms with E-state index in [1.54, 1.807) is 42.5 Å². The van der Waals surface area contributed by atoms with Crippen molar-refractivity contribution in [2.24, 2.45) is 0 Å². The molecule has 3 aromatic rings. The number of nitrogens with one attached hydrogen (secondary N) is 1. The zero-order valence-corrected chi connectivity index (χ0v) is 16.7. The fourth-order valence-electron chi connectivity index (χ4n) is 3.88. The van der Waals surface area contributed by atoms with Gasteiger partial charge in [-0.25, -0.2) is 4.79 Å². The number of halogens is 1. The predicted octanol–water partition coefficient (Wildman–Crippen LogP) is 0.880. The molecule has 0 amide bonds. The van der Waals surface area contributed by atoms with E-state index in [9.17, 15) is 9.90 Å².